The molecule has 0 spiro atoms. The number of carbonyl (C=O) groups is 1. The van der Waals surface area contributed by atoms with Gasteiger partial charge in [0.15, 0.2) is 0 Å². The Kier molecular flexibility index (Phi) is 3.19. The van der Waals surface area contributed by atoms with Crippen LogP contribution in [0.4, 0.5) is 5.82 Å². The Morgan fingerprint density at radius 2 is 2.32 bits per heavy atom. The van der Waals surface area contributed by atoms with Crippen LogP contribution in [0.1, 0.15) is 21.7 Å². The van der Waals surface area contributed by atoms with Gasteiger partial charge in [0.2, 0.25) is 0 Å². The summed E-state index contributed by atoms with van der Waals surface area (Å²) < 4.78 is 1.33. The van der Waals surface area contributed by atoms with E-state index < -0.39 is 10.9 Å². The van der Waals surface area contributed by atoms with E-state index in [1.165, 1.54) is 23.3 Å². The second-order valence-electron chi connectivity index (χ2n) is 3.75. The van der Waals surface area contributed by atoms with E-state index in [0.717, 1.165) is 0 Å². The molecule has 2 heterocycles. The summed E-state index contributed by atoms with van der Waals surface area (Å²) in [6, 6.07) is 1.31. The van der Waals surface area contributed by atoms with Gasteiger partial charge in [-0.1, -0.05) is 0 Å². The van der Waals surface area contributed by atoms with E-state index in [0.29, 0.717) is 5.69 Å². The minimum Gasteiger partial charge on any atom is -0.478 e. The Balaban J connectivity index is 2.36. The van der Waals surface area contributed by atoms with E-state index in [9.17, 15) is 14.9 Å². The first-order valence-corrected chi connectivity index (χ1v) is 5.20. The third-order valence-corrected chi connectivity index (χ3v) is 2.48. The number of carboxylic acid groups (broad SMARTS) is 1. The van der Waals surface area contributed by atoms with Crippen LogP contribution in [0, 0.1) is 17.0 Å². The Morgan fingerprint density at radius 1 is 1.58 bits per heavy atom. The van der Waals surface area contributed by atoms with Crippen molar-refractivity contribution in [2.24, 2.45) is 0 Å². The maximum absolute atomic E-state index is 11.0. The summed E-state index contributed by atoms with van der Waals surface area (Å²) in [6.45, 7) is 1.67. The molecule has 0 bridgehead atoms. The maximum atomic E-state index is 11.0. The minimum absolute atomic E-state index is 0.0316. The summed E-state index contributed by atoms with van der Waals surface area (Å²) in [7, 11) is 0. The molecule has 0 aliphatic heterocycles. The fraction of sp³-hybridized carbons (Fsp3) is 0.200. The summed E-state index contributed by atoms with van der Waals surface area (Å²) in [5.41, 5.74) is 0.727. The quantitative estimate of drug-likeness (QED) is 0.633. The Bertz CT molecular complexity index is 651. The molecule has 1 N–H and O–H groups in total. The van der Waals surface area contributed by atoms with Gasteiger partial charge in [0.1, 0.15) is 18.4 Å². The van der Waals surface area contributed by atoms with E-state index in [4.69, 9.17) is 5.11 Å². The molecule has 0 fully saturated rings. The summed E-state index contributed by atoms with van der Waals surface area (Å²) in [5.74, 6) is -1.45. The van der Waals surface area contributed by atoms with Crippen LogP contribution in [0.5, 0.6) is 0 Å². The molecule has 19 heavy (non-hydrogen) atoms. The third-order valence-electron chi connectivity index (χ3n) is 2.48. The van der Waals surface area contributed by atoms with Crippen LogP contribution in [0.2, 0.25) is 0 Å². The van der Waals surface area contributed by atoms with Crippen molar-refractivity contribution < 1.29 is 14.8 Å². The SMILES string of the molecule is Cc1cc([N+](=O)[O-])nn1Cc1ncncc1C(=O)O. The first-order valence-electron chi connectivity index (χ1n) is 5.20. The number of nitrogens with zero attached hydrogens (tertiary/aromatic N) is 5. The molecule has 0 aliphatic rings. The smallest absolute Gasteiger partial charge is 0.390 e. The van der Waals surface area contributed by atoms with Gasteiger partial charge in [-0.25, -0.2) is 14.8 Å². The molecule has 9 heteroatoms. The highest BCUT2D eigenvalue weighted by atomic mass is 16.6. The van der Waals surface area contributed by atoms with Crippen LogP contribution in [0.3, 0.4) is 0 Å². The molecule has 2 aromatic heterocycles. The van der Waals surface area contributed by atoms with Crippen LogP contribution in [-0.2, 0) is 6.54 Å². The van der Waals surface area contributed by atoms with E-state index in [1.54, 1.807) is 6.92 Å². The van der Waals surface area contributed by atoms with Crippen molar-refractivity contribution in [1.29, 1.82) is 0 Å². The van der Waals surface area contributed by atoms with Gasteiger partial charge < -0.3 is 15.2 Å². The molecule has 2 aromatic rings. The number of carboxylic acids is 1. The molecule has 2 rings (SSSR count). The Morgan fingerprint density at radius 3 is 2.89 bits per heavy atom. The lowest BCUT2D eigenvalue weighted by molar-refractivity contribution is -0.389. The summed E-state index contributed by atoms with van der Waals surface area (Å²) in [5, 5.41) is 23.4. The number of rotatable bonds is 4. The number of nitro groups is 1. The van der Waals surface area contributed by atoms with Crippen molar-refractivity contribution in [2.45, 2.75) is 13.5 Å². The van der Waals surface area contributed by atoms with Gasteiger partial charge in [-0.05, 0) is 11.8 Å². The molecule has 0 amide bonds. The highest BCUT2D eigenvalue weighted by molar-refractivity contribution is 5.88. The maximum Gasteiger partial charge on any atom is 0.390 e. The van der Waals surface area contributed by atoms with Crippen LogP contribution < -0.4 is 0 Å². The van der Waals surface area contributed by atoms with E-state index in [-0.39, 0.29) is 23.6 Å². The van der Waals surface area contributed by atoms with Gasteiger partial charge >= 0.3 is 11.8 Å². The fourth-order valence-corrected chi connectivity index (χ4v) is 1.54. The van der Waals surface area contributed by atoms with E-state index in [1.807, 2.05) is 0 Å². The lowest BCUT2D eigenvalue weighted by atomic mass is 10.2. The van der Waals surface area contributed by atoms with Gasteiger partial charge in [-0.15, -0.1) is 0 Å². The summed E-state index contributed by atoms with van der Waals surface area (Å²) in [6.07, 6.45) is 2.40. The Hall–Kier alpha value is -2.84. The highest BCUT2D eigenvalue weighted by Gasteiger charge is 2.18. The number of hydrogen-bond acceptors (Lipinski definition) is 6. The first kappa shape index (κ1) is 12.6. The second-order valence-corrected chi connectivity index (χ2v) is 3.75. The number of hydrogen-bond donors (Lipinski definition) is 1. The van der Waals surface area contributed by atoms with Gasteiger partial charge in [0, 0.05) is 6.20 Å². The Labute approximate surface area is 106 Å². The van der Waals surface area contributed by atoms with Gasteiger partial charge in [-0.3, -0.25) is 0 Å². The van der Waals surface area contributed by atoms with Gasteiger partial charge in [-0.2, -0.15) is 4.68 Å². The standard InChI is InChI=1S/C10H9N5O4/c1-6-2-9(15(18)19)13-14(6)4-8-7(10(16)17)3-11-5-12-8/h2-3,5H,4H2,1H3,(H,16,17). The van der Waals surface area contributed by atoms with Crippen molar-refractivity contribution in [3.05, 3.63) is 45.7 Å². The van der Waals surface area contributed by atoms with Crippen molar-refractivity contribution in [3.63, 3.8) is 0 Å². The molecule has 0 atom stereocenters. The fourth-order valence-electron chi connectivity index (χ4n) is 1.54. The molecule has 0 aromatic carbocycles. The average molecular weight is 263 g/mol. The van der Waals surface area contributed by atoms with Crippen molar-refractivity contribution in [3.8, 4) is 0 Å². The molecule has 0 aliphatic carbocycles. The molecule has 0 saturated heterocycles. The van der Waals surface area contributed by atoms with E-state index in [2.05, 4.69) is 15.1 Å². The monoisotopic (exact) mass is 263 g/mol. The highest BCUT2D eigenvalue weighted by Crippen LogP contribution is 2.13. The van der Waals surface area contributed by atoms with Crippen molar-refractivity contribution in [2.75, 3.05) is 0 Å². The first-order chi connectivity index (χ1) is 8.99. The van der Waals surface area contributed by atoms with Gasteiger partial charge in [0.25, 0.3) is 0 Å². The predicted octanol–water partition coefficient (Wildman–Crippen LogP) is 0.636. The minimum atomic E-state index is -1.16. The zero-order chi connectivity index (χ0) is 14.0. The van der Waals surface area contributed by atoms with Gasteiger partial charge in [0.05, 0.1) is 22.6 Å². The average Bonchev–Trinajstić information content (AvgIpc) is 2.72. The number of aromatic carboxylic acids is 1. The molecule has 98 valence electrons. The van der Waals surface area contributed by atoms with Crippen molar-refractivity contribution >= 4 is 11.8 Å². The second kappa shape index (κ2) is 4.80. The van der Waals surface area contributed by atoms with Crippen LogP contribution in [-0.4, -0.2) is 35.7 Å². The number of aryl methyl sites for hydroxylation is 1. The lowest BCUT2D eigenvalue weighted by Gasteiger charge is -2.02. The lowest BCUT2D eigenvalue weighted by Crippen LogP contribution is -2.12. The van der Waals surface area contributed by atoms with Crippen LogP contribution in [0.15, 0.2) is 18.6 Å². The zero-order valence-electron chi connectivity index (χ0n) is 9.85. The molecule has 0 saturated carbocycles. The predicted molar refractivity (Wildman–Crippen MR) is 61.7 cm³/mol. The van der Waals surface area contributed by atoms with Crippen molar-refractivity contribution in [1.82, 2.24) is 19.7 Å². The number of aromatic nitrogens is 4. The molecule has 9 nitrogen and oxygen atoms in total. The summed E-state index contributed by atoms with van der Waals surface area (Å²) >= 11 is 0. The summed E-state index contributed by atoms with van der Waals surface area (Å²) in [4.78, 5) is 28.5. The van der Waals surface area contributed by atoms with Crippen LogP contribution >= 0.6 is 0 Å². The molecule has 0 unspecified atom stereocenters. The molecule has 0 radical (unpaired) electrons. The zero-order valence-corrected chi connectivity index (χ0v) is 9.85. The normalized spacial score (nSPS) is 10.4. The largest absolute Gasteiger partial charge is 0.478 e. The topological polar surface area (TPSA) is 124 Å². The van der Waals surface area contributed by atoms with E-state index >= 15 is 0 Å². The third kappa shape index (κ3) is 2.54. The molecular formula is C10H9N5O4. The molecular weight excluding hydrogens is 254 g/mol. The van der Waals surface area contributed by atoms with Crippen LogP contribution in [0.25, 0.3) is 0 Å².